The third-order valence-electron chi connectivity index (χ3n) is 3.58. The lowest BCUT2D eigenvalue weighted by Crippen LogP contribution is -1.95. The van der Waals surface area contributed by atoms with Crippen molar-refractivity contribution < 1.29 is 9.50 Å². The van der Waals surface area contributed by atoms with Gasteiger partial charge in [-0.3, -0.25) is 0 Å². The van der Waals surface area contributed by atoms with Gasteiger partial charge in [-0.25, -0.2) is 19.0 Å². The van der Waals surface area contributed by atoms with Crippen LogP contribution in [-0.2, 0) is 7.05 Å². The third kappa shape index (κ3) is 1.63. The van der Waals surface area contributed by atoms with E-state index in [0.717, 1.165) is 6.07 Å². The van der Waals surface area contributed by atoms with Crippen molar-refractivity contribution in [1.82, 2.24) is 24.7 Å². The van der Waals surface area contributed by atoms with Crippen molar-refractivity contribution in [3.05, 3.63) is 30.3 Å². The normalized spacial score (nSPS) is 11.5. The number of nitrogens with one attached hydrogen (secondary N) is 1. The van der Waals surface area contributed by atoms with Crippen LogP contribution in [0.15, 0.2) is 24.5 Å². The number of rotatable bonds is 1. The van der Waals surface area contributed by atoms with E-state index in [1.54, 1.807) is 17.8 Å². The quantitative estimate of drug-likeness (QED) is 0.498. The second kappa shape index (κ2) is 4.17. The minimum absolute atomic E-state index is 0.161. The number of aromatic nitrogens is 5. The van der Waals surface area contributed by atoms with E-state index in [4.69, 9.17) is 5.73 Å². The third-order valence-corrected chi connectivity index (χ3v) is 3.58. The standard InChI is InChI=1S/C14H11FN6O/c1-21-14-10(13(16)17-5-18-14)12(20-21)8-3-6-2-7(15)4-9(22)11(6)19-8/h2-5,19,22H,1H3,(H2,16,17,18). The van der Waals surface area contributed by atoms with Crippen LogP contribution in [0.5, 0.6) is 5.75 Å². The molecule has 0 radical (unpaired) electrons. The number of phenolic OH excluding ortho intramolecular Hbond substituents is 1. The first-order chi connectivity index (χ1) is 10.5. The van der Waals surface area contributed by atoms with E-state index in [1.165, 1.54) is 12.4 Å². The van der Waals surface area contributed by atoms with Gasteiger partial charge in [-0.1, -0.05) is 0 Å². The highest BCUT2D eigenvalue weighted by atomic mass is 19.1. The summed E-state index contributed by atoms with van der Waals surface area (Å²) < 4.78 is 15.0. The summed E-state index contributed by atoms with van der Waals surface area (Å²) in [6, 6.07) is 4.09. The van der Waals surface area contributed by atoms with Gasteiger partial charge in [0, 0.05) is 18.5 Å². The Balaban J connectivity index is 2.05. The molecule has 4 N–H and O–H groups in total. The Morgan fingerprint density at radius 2 is 2.09 bits per heavy atom. The molecule has 22 heavy (non-hydrogen) atoms. The monoisotopic (exact) mass is 298 g/mol. The smallest absolute Gasteiger partial charge is 0.163 e. The highest BCUT2D eigenvalue weighted by Gasteiger charge is 2.18. The average molecular weight is 298 g/mol. The van der Waals surface area contributed by atoms with Crippen molar-refractivity contribution in [3.63, 3.8) is 0 Å². The van der Waals surface area contributed by atoms with E-state index in [2.05, 4.69) is 20.1 Å². The van der Waals surface area contributed by atoms with Crippen molar-refractivity contribution in [3.8, 4) is 17.1 Å². The van der Waals surface area contributed by atoms with Crippen LogP contribution in [0.2, 0.25) is 0 Å². The van der Waals surface area contributed by atoms with Gasteiger partial charge in [0.05, 0.1) is 16.6 Å². The highest BCUT2D eigenvalue weighted by Crippen LogP contribution is 2.34. The fourth-order valence-electron chi connectivity index (χ4n) is 2.61. The van der Waals surface area contributed by atoms with E-state index < -0.39 is 5.82 Å². The topological polar surface area (TPSA) is 106 Å². The number of anilines is 1. The number of halogens is 1. The molecule has 7 nitrogen and oxygen atoms in total. The van der Waals surface area contributed by atoms with E-state index in [9.17, 15) is 9.50 Å². The van der Waals surface area contributed by atoms with Crippen LogP contribution in [0.3, 0.4) is 0 Å². The maximum atomic E-state index is 13.4. The minimum atomic E-state index is -0.510. The molecule has 0 spiro atoms. The zero-order valence-corrected chi connectivity index (χ0v) is 11.5. The number of nitrogens with two attached hydrogens (primary N) is 1. The van der Waals surface area contributed by atoms with Crippen molar-refractivity contribution in [2.45, 2.75) is 0 Å². The summed E-state index contributed by atoms with van der Waals surface area (Å²) in [6.07, 6.45) is 1.37. The molecule has 0 saturated carbocycles. The lowest BCUT2D eigenvalue weighted by molar-refractivity contribution is 0.475. The van der Waals surface area contributed by atoms with Gasteiger partial charge in [0.25, 0.3) is 0 Å². The molecular weight excluding hydrogens is 287 g/mol. The minimum Gasteiger partial charge on any atom is -0.506 e. The van der Waals surface area contributed by atoms with E-state index in [-0.39, 0.29) is 5.75 Å². The summed E-state index contributed by atoms with van der Waals surface area (Å²) >= 11 is 0. The van der Waals surface area contributed by atoms with Crippen LogP contribution in [0.1, 0.15) is 0 Å². The summed E-state index contributed by atoms with van der Waals surface area (Å²) in [7, 11) is 1.75. The second-order valence-electron chi connectivity index (χ2n) is 5.00. The van der Waals surface area contributed by atoms with Crippen molar-refractivity contribution in [2.75, 3.05) is 5.73 Å². The predicted molar refractivity (Wildman–Crippen MR) is 79.6 cm³/mol. The first-order valence-corrected chi connectivity index (χ1v) is 6.49. The molecule has 110 valence electrons. The SMILES string of the molecule is Cn1nc(-c2cc3cc(F)cc(O)c3[nH]2)c2c(N)ncnc21. The van der Waals surface area contributed by atoms with Gasteiger partial charge < -0.3 is 15.8 Å². The van der Waals surface area contributed by atoms with Gasteiger partial charge >= 0.3 is 0 Å². The molecule has 0 atom stereocenters. The van der Waals surface area contributed by atoms with Gasteiger partial charge in [-0.2, -0.15) is 5.10 Å². The zero-order chi connectivity index (χ0) is 15.4. The molecule has 4 rings (SSSR count). The summed E-state index contributed by atoms with van der Waals surface area (Å²) in [5.74, 6) is -0.364. The van der Waals surface area contributed by atoms with Crippen LogP contribution in [-0.4, -0.2) is 29.8 Å². The molecule has 3 aromatic heterocycles. The maximum Gasteiger partial charge on any atom is 0.163 e. The molecule has 8 heteroatoms. The van der Waals surface area contributed by atoms with Crippen LogP contribution >= 0.6 is 0 Å². The van der Waals surface area contributed by atoms with Gasteiger partial charge in [-0.05, 0) is 12.1 Å². The number of nitrogens with zero attached hydrogens (tertiary/aromatic N) is 4. The highest BCUT2D eigenvalue weighted by molar-refractivity contribution is 6.00. The number of aryl methyl sites for hydroxylation is 1. The average Bonchev–Trinajstić information content (AvgIpc) is 3.02. The predicted octanol–water partition coefficient (Wildman–Crippen LogP) is 1.94. The molecule has 1 aromatic carbocycles. The van der Waals surface area contributed by atoms with Gasteiger partial charge in [0.1, 0.15) is 29.4 Å². The lowest BCUT2D eigenvalue weighted by Gasteiger charge is -1.96. The first-order valence-electron chi connectivity index (χ1n) is 6.49. The molecule has 0 fully saturated rings. The second-order valence-corrected chi connectivity index (χ2v) is 5.00. The number of phenols is 1. The largest absolute Gasteiger partial charge is 0.506 e. The number of benzene rings is 1. The Bertz CT molecular complexity index is 1030. The molecular formula is C14H11FN6O. The number of hydrogen-bond donors (Lipinski definition) is 3. The molecule has 0 aliphatic heterocycles. The Morgan fingerprint density at radius 1 is 1.27 bits per heavy atom. The molecule has 0 bridgehead atoms. The number of H-pyrrole nitrogens is 1. The Labute approximate surface area is 123 Å². The number of aromatic hydroxyl groups is 1. The van der Waals surface area contributed by atoms with Crippen LogP contribution in [0.25, 0.3) is 33.3 Å². The van der Waals surface area contributed by atoms with Crippen LogP contribution < -0.4 is 5.73 Å². The Morgan fingerprint density at radius 3 is 2.91 bits per heavy atom. The molecule has 3 heterocycles. The fraction of sp³-hybridized carbons (Fsp3) is 0.0714. The van der Waals surface area contributed by atoms with Crippen LogP contribution in [0, 0.1) is 5.82 Å². The molecule has 0 aliphatic carbocycles. The van der Waals surface area contributed by atoms with Gasteiger partial charge in [0.15, 0.2) is 5.65 Å². The molecule has 0 saturated heterocycles. The molecule has 0 unspecified atom stereocenters. The summed E-state index contributed by atoms with van der Waals surface area (Å²) in [4.78, 5) is 11.2. The molecule has 0 aliphatic rings. The Kier molecular flexibility index (Phi) is 2.38. The van der Waals surface area contributed by atoms with E-state index in [0.29, 0.717) is 39.1 Å². The summed E-state index contributed by atoms with van der Waals surface area (Å²) in [5, 5.41) is 15.4. The van der Waals surface area contributed by atoms with Crippen LogP contribution in [0.4, 0.5) is 10.2 Å². The van der Waals surface area contributed by atoms with Crippen molar-refractivity contribution >= 4 is 27.8 Å². The lowest BCUT2D eigenvalue weighted by atomic mass is 10.2. The van der Waals surface area contributed by atoms with E-state index >= 15 is 0 Å². The van der Waals surface area contributed by atoms with Gasteiger partial charge in [-0.15, -0.1) is 0 Å². The van der Waals surface area contributed by atoms with E-state index in [1.807, 2.05) is 0 Å². The number of hydrogen-bond acceptors (Lipinski definition) is 5. The van der Waals surface area contributed by atoms with Crippen molar-refractivity contribution in [2.24, 2.45) is 7.05 Å². The summed E-state index contributed by atoms with van der Waals surface area (Å²) in [6.45, 7) is 0. The number of fused-ring (bicyclic) bond motifs is 2. The maximum absolute atomic E-state index is 13.4. The Hall–Kier alpha value is -3.16. The zero-order valence-electron chi connectivity index (χ0n) is 11.5. The number of nitrogen functional groups attached to an aromatic ring is 1. The number of aromatic amines is 1. The van der Waals surface area contributed by atoms with Gasteiger partial charge in [0.2, 0.25) is 0 Å². The summed E-state index contributed by atoms with van der Waals surface area (Å²) in [5.41, 5.74) is 8.11. The molecule has 4 aromatic rings. The van der Waals surface area contributed by atoms with Crippen molar-refractivity contribution in [1.29, 1.82) is 0 Å². The molecule has 0 amide bonds. The fourth-order valence-corrected chi connectivity index (χ4v) is 2.61. The first kappa shape index (κ1) is 12.6.